The maximum Gasteiger partial charge on any atom is 0.175 e. The lowest BCUT2D eigenvalue weighted by atomic mass is 10.1. The summed E-state index contributed by atoms with van der Waals surface area (Å²) in [7, 11) is 0. The van der Waals surface area contributed by atoms with Crippen LogP contribution in [0.3, 0.4) is 0 Å². The van der Waals surface area contributed by atoms with Crippen molar-refractivity contribution in [2.24, 2.45) is 9.98 Å². The van der Waals surface area contributed by atoms with Crippen molar-refractivity contribution in [2.75, 3.05) is 0 Å². The Balaban J connectivity index is 1.28. The van der Waals surface area contributed by atoms with Gasteiger partial charge in [-0.3, -0.25) is 0 Å². The molecule has 0 unspecified atom stereocenters. The smallest absolute Gasteiger partial charge is 0.175 e. The summed E-state index contributed by atoms with van der Waals surface area (Å²) in [4.78, 5) is 9.91. The Morgan fingerprint density at radius 1 is 0.571 bits per heavy atom. The van der Waals surface area contributed by atoms with Crippen LogP contribution in [0.5, 0.6) is 23.0 Å². The molecule has 9 rings (SSSR count). The summed E-state index contributed by atoms with van der Waals surface area (Å²) < 4.78 is 17.5. The van der Waals surface area contributed by atoms with Crippen molar-refractivity contribution in [2.45, 2.75) is 26.9 Å². The van der Waals surface area contributed by atoms with Crippen LogP contribution in [0.25, 0.3) is 43.6 Å². The highest BCUT2D eigenvalue weighted by Crippen LogP contribution is 2.46. The van der Waals surface area contributed by atoms with Gasteiger partial charge in [-0.05, 0) is 38.1 Å². The van der Waals surface area contributed by atoms with Crippen molar-refractivity contribution in [3.63, 3.8) is 0 Å². The summed E-state index contributed by atoms with van der Waals surface area (Å²) in [5.41, 5.74) is 5.87. The highest BCUT2D eigenvalue weighted by molar-refractivity contribution is 6.35. The first-order valence-corrected chi connectivity index (χ1v) is 14.8. The average molecular weight is 589 g/mol. The predicted octanol–water partition coefficient (Wildman–Crippen LogP) is 9.36. The number of benzene rings is 5. The first kappa shape index (κ1) is 24.1. The molecule has 8 heteroatoms. The molecule has 0 bridgehead atoms. The van der Waals surface area contributed by atoms with E-state index in [1.165, 1.54) is 21.8 Å². The number of nitrogens with zero attached hydrogens (tertiary/aromatic N) is 4. The van der Waals surface area contributed by atoms with E-state index in [2.05, 4.69) is 83.6 Å². The van der Waals surface area contributed by atoms with Gasteiger partial charge in [0.2, 0.25) is 0 Å². The predicted molar refractivity (Wildman–Crippen MR) is 168 cm³/mol. The molecule has 0 amide bonds. The maximum absolute atomic E-state index is 7.00. The van der Waals surface area contributed by atoms with Gasteiger partial charge >= 0.3 is 0 Å². The molecule has 0 atom stereocenters. The van der Waals surface area contributed by atoms with Gasteiger partial charge in [-0.15, -0.1) is 0 Å². The van der Waals surface area contributed by atoms with Crippen molar-refractivity contribution in [3.8, 4) is 23.0 Å². The number of aryl methyl sites for hydroxylation is 2. The largest absolute Gasteiger partial charge is 0.451 e. The fourth-order valence-corrected chi connectivity index (χ4v) is 7.13. The summed E-state index contributed by atoms with van der Waals surface area (Å²) in [5, 5.41) is 6.07. The van der Waals surface area contributed by atoms with Crippen molar-refractivity contribution >= 4 is 78.2 Å². The highest BCUT2D eigenvalue weighted by atomic mass is 35.5. The van der Waals surface area contributed by atoms with Crippen LogP contribution in [-0.2, 0) is 13.1 Å². The van der Waals surface area contributed by atoms with Gasteiger partial charge in [0.05, 0.1) is 11.0 Å². The Hall–Kier alpha value is -4.52. The van der Waals surface area contributed by atoms with E-state index in [-0.39, 0.29) is 0 Å². The fraction of sp³-hybridized carbons (Fsp3) is 0.118. The minimum Gasteiger partial charge on any atom is -0.451 e. The second kappa shape index (κ2) is 8.51. The zero-order chi connectivity index (χ0) is 28.3. The van der Waals surface area contributed by atoms with Crippen LogP contribution in [0, 0.1) is 0 Å². The lowest BCUT2D eigenvalue weighted by Crippen LogP contribution is -2.22. The zero-order valence-corrected chi connectivity index (χ0v) is 24.2. The van der Waals surface area contributed by atoms with E-state index >= 15 is 0 Å². The quantitative estimate of drug-likeness (QED) is 0.202. The molecule has 0 fully saturated rings. The molecule has 7 aromatic rings. The third-order valence-electron chi connectivity index (χ3n) is 8.47. The molecule has 5 aromatic carbocycles. The van der Waals surface area contributed by atoms with E-state index < -0.39 is 0 Å². The number of halogens is 2. The normalized spacial score (nSPS) is 13.2. The van der Waals surface area contributed by atoms with Crippen molar-refractivity contribution < 1.29 is 9.47 Å². The number of fused-ring (bicyclic) bond motifs is 10. The lowest BCUT2D eigenvalue weighted by molar-refractivity contribution is 0.452. The number of rotatable bonds is 2. The monoisotopic (exact) mass is 588 g/mol. The molecule has 4 heterocycles. The van der Waals surface area contributed by atoms with Crippen LogP contribution in [0.1, 0.15) is 13.8 Å². The van der Waals surface area contributed by atoms with Crippen molar-refractivity contribution in [1.29, 1.82) is 0 Å². The van der Waals surface area contributed by atoms with Gasteiger partial charge in [-0.2, -0.15) is 0 Å². The third kappa shape index (κ3) is 3.06. The summed E-state index contributed by atoms with van der Waals surface area (Å²) in [6.45, 7) is 5.94. The Labute approximate surface area is 249 Å². The molecule has 0 saturated heterocycles. The summed E-state index contributed by atoms with van der Waals surface area (Å²) in [6.07, 6.45) is 0. The Morgan fingerprint density at radius 2 is 1.00 bits per heavy atom. The molecule has 0 aliphatic carbocycles. The van der Waals surface area contributed by atoms with Gasteiger partial charge in [-0.1, -0.05) is 59.6 Å². The summed E-state index contributed by atoms with van der Waals surface area (Å²) >= 11 is 14.0. The van der Waals surface area contributed by atoms with Gasteiger partial charge in [0.15, 0.2) is 23.0 Å². The minimum absolute atomic E-state index is 0.316. The van der Waals surface area contributed by atoms with E-state index in [9.17, 15) is 0 Å². The van der Waals surface area contributed by atoms with Gasteiger partial charge in [-0.25, -0.2) is 9.98 Å². The molecule has 2 aliphatic rings. The standard InChI is InChI=1S/C34H22Cl2N4O2/c1-3-39-23-11-7-5-9-17(23)19-13-21-27(15-25(19)39)41-33-29(35)32-34(30(36)31(33)37-21)42-28-16-26-20(14-22(28)38-32)18-10-6-8-12-24(18)40(26)4-2/h5-16H,3-4H2,1-2H3. The topological polar surface area (TPSA) is 53.0 Å². The van der Waals surface area contributed by atoms with Crippen LogP contribution >= 0.6 is 23.2 Å². The SMILES string of the molecule is CCn1c2ccccc2c2cc3c(cc21)Oc1c(Cl)c2c(c(Cl)c1=N3)Oc1cc3c(cc1N=2)c1ccccc1n3CC. The van der Waals surface area contributed by atoms with Gasteiger partial charge in [0.25, 0.3) is 0 Å². The number of para-hydroxylation sites is 2. The summed E-state index contributed by atoms with van der Waals surface area (Å²) in [5.74, 6) is 2.00. The number of hydrogen-bond acceptors (Lipinski definition) is 4. The second-order valence-corrected chi connectivity index (χ2v) is 11.4. The Kier molecular flexibility index (Phi) is 4.88. The molecular formula is C34H22Cl2N4O2. The van der Waals surface area contributed by atoms with Crippen molar-refractivity contribution in [1.82, 2.24) is 9.13 Å². The first-order chi connectivity index (χ1) is 20.6. The molecule has 42 heavy (non-hydrogen) atoms. The molecule has 0 spiro atoms. The number of ether oxygens (including phenoxy) is 2. The van der Waals surface area contributed by atoms with E-state index in [1.807, 2.05) is 12.1 Å². The lowest BCUT2D eigenvalue weighted by Gasteiger charge is -2.21. The molecule has 204 valence electrons. The first-order valence-electron chi connectivity index (χ1n) is 14.0. The van der Waals surface area contributed by atoms with Crippen molar-refractivity contribution in [3.05, 3.63) is 93.6 Å². The minimum atomic E-state index is 0.316. The molecule has 6 nitrogen and oxygen atoms in total. The molecule has 0 N–H and O–H groups in total. The average Bonchev–Trinajstić information content (AvgIpc) is 3.50. The molecule has 0 radical (unpaired) electrons. The van der Waals surface area contributed by atoms with Gasteiger partial charge in [0, 0.05) is 57.8 Å². The number of aromatic nitrogens is 2. The van der Waals surface area contributed by atoms with E-state index in [0.29, 0.717) is 55.1 Å². The number of hydrogen-bond donors (Lipinski definition) is 0. The van der Waals surface area contributed by atoms with Gasteiger partial charge in [0.1, 0.15) is 32.1 Å². The fourth-order valence-electron chi connectivity index (χ4n) is 6.62. The van der Waals surface area contributed by atoms with E-state index in [4.69, 9.17) is 42.7 Å². The van der Waals surface area contributed by atoms with Gasteiger partial charge < -0.3 is 18.6 Å². The van der Waals surface area contributed by atoms with Crippen LogP contribution in [0.2, 0.25) is 10.0 Å². The summed E-state index contributed by atoms with van der Waals surface area (Å²) in [6, 6.07) is 25.0. The Bertz CT molecular complexity index is 2300. The molecular weight excluding hydrogens is 567 g/mol. The molecule has 2 aromatic heterocycles. The van der Waals surface area contributed by atoms with Crippen LogP contribution in [0.4, 0.5) is 11.4 Å². The van der Waals surface area contributed by atoms with Crippen LogP contribution in [0.15, 0.2) is 82.8 Å². The van der Waals surface area contributed by atoms with Crippen LogP contribution < -0.4 is 20.2 Å². The van der Waals surface area contributed by atoms with E-state index in [0.717, 1.165) is 34.9 Å². The maximum atomic E-state index is 7.00. The molecule has 0 saturated carbocycles. The van der Waals surface area contributed by atoms with Crippen LogP contribution in [-0.4, -0.2) is 9.13 Å². The molecule has 2 aliphatic heterocycles. The van der Waals surface area contributed by atoms with E-state index in [1.54, 1.807) is 0 Å². The third-order valence-corrected chi connectivity index (χ3v) is 9.17. The second-order valence-electron chi connectivity index (χ2n) is 10.6. The zero-order valence-electron chi connectivity index (χ0n) is 22.7. The highest BCUT2D eigenvalue weighted by Gasteiger charge is 2.28. The Morgan fingerprint density at radius 3 is 1.43 bits per heavy atom.